The summed E-state index contributed by atoms with van der Waals surface area (Å²) in [7, 11) is 0. The van der Waals surface area contributed by atoms with Gasteiger partial charge >= 0.3 is 0 Å². The standard InChI is InChI=1S/C20H22OS/c1-2-3-4-8-17-19(21-17)20(12-13-20)11-10-16-14-15-7-5-6-9-18(15)22-16/h5-7,9,14,17,19H,2-4,8,12-13H2,1H3/t17-,19-/m0/s1. The maximum absolute atomic E-state index is 5.94. The number of hydrogen-bond acceptors (Lipinski definition) is 2. The monoisotopic (exact) mass is 310 g/mol. The van der Waals surface area contributed by atoms with Crippen LogP contribution in [0.1, 0.15) is 50.3 Å². The van der Waals surface area contributed by atoms with E-state index in [2.05, 4.69) is 49.1 Å². The van der Waals surface area contributed by atoms with E-state index in [0.717, 1.165) is 0 Å². The summed E-state index contributed by atoms with van der Waals surface area (Å²) >= 11 is 1.80. The Hall–Kier alpha value is -1.30. The molecule has 0 bridgehead atoms. The number of hydrogen-bond donors (Lipinski definition) is 0. The minimum Gasteiger partial charge on any atom is -0.368 e. The molecule has 1 nitrogen and oxygen atoms in total. The quantitative estimate of drug-likeness (QED) is 0.410. The fourth-order valence-corrected chi connectivity index (χ4v) is 4.21. The molecule has 2 fully saturated rings. The van der Waals surface area contributed by atoms with Gasteiger partial charge in [0.1, 0.15) is 6.10 Å². The topological polar surface area (TPSA) is 12.5 Å². The summed E-state index contributed by atoms with van der Waals surface area (Å²) in [4.78, 5) is 1.19. The van der Waals surface area contributed by atoms with Crippen LogP contribution in [-0.4, -0.2) is 12.2 Å². The predicted molar refractivity (Wildman–Crippen MR) is 93.2 cm³/mol. The van der Waals surface area contributed by atoms with Gasteiger partial charge in [0.25, 0.3) is 0 Å². The summed E-state index contributed by atoms with van der Waals surface area (Å²) in [5.41, 5.74) is 0.188. The van der Waals surface area contributed by atoms with Crippen LogP contribution in [0.2, 0.25) is 0 Å². The molecule has 1 aliphatic heterocycles. The fraction of sp³-hybridized carbons (Fsp3) is 0.500. The highest BCUT2D eigenvalue weighted by atomic mass is 32.1. The first-order valence-electron chi connectivity index (χ1n) is 8.48. The van der Waals surface area contributed by atoms with Crippen molar-refractivity contribution in [1.29, 1.82) is 0 Å². The van der Waals surface area contributed by atoms with Crippen LogP contribution in [0.3, 0.4) is 0 Å². The lowest BCUT2D eigenvalue weighted by molar-refractivity contribution is 0.328. The summed E-state index contributed by atoms with van der Waals surface area (Å²) in [5, 5.41) is 1.31. The Balaban J connectivity index is 1.43. The predicted octanol–water partition coefficient (Wildman–Crippen LogP) is 5.38. The molecule has 0 radical (unpaired) electrons. The van der Waals surface area contributed by atoms with Crippen LogP contribution >= 0.6 is 11.3 Å². The third-order valence-electron chi connectivity index (χ3n) is 4.87. The number of benzene rings is 1. The molecule has 2 heteroatoms. The molecule has 2 aliphatic rings. The van der Waals surface area contributed by atoms with Crippen molar-refractivity contribution >= 4 is 21.4 Å². The van der Waals surface area contributed by atoms with E-state index in [1.165, 1.54) is 53.5 Å². The Kier molecular flexibility index (Phi) is 3.72. The first-order chi connectivity index (χ1) is 10.8. The van der Waals surface area contributed by atoms with E-state index in [0.29, 0.717) is 12.2 Å². The number of ether oxygens (including phenoxy) is 1. The van der Waals surface area contributed by atoms with Crippen molar-refractivity contribution < 1.29 is 4.74 Å². The van der Waals surface area contributed by atoms with Gasteiger partial charge in [-0.1, -0.05) is 56.2 Å². The van der Waals surface area contributed by atoms with Crippen molar-refractivity contribution in [2.75, 3.05) is 0 Å². The molecule has 0 N–H and O–H groups in total. The lowest BCUT2D eigenvalue weighted by Crippen LogP contribution is -2.09. The van der Waals surface area contributed by atoms with E-state index in [1.807, 2.05) is 0 Å². The molecule has 22 heavy (non-hydrogen) atoms. The normalized spacial score (nSPS) is 24.8. The first kappa shape index (κ1) is 14.3. The molecule has 1 aliphatic carbocycles. The molecule has 0 unspecified atom stereocenters. The van der Waals surface area contributed by atoms with Gasteiger partial charge in [-0.25, -0.2) is 0 Å². The second kappa shape index (κ2) is 5.72. The van der Waals surface area contributed by atoms with Gasteiger partial charge in [0.05, 0.1) is 16.4 Å². The van der Waals surface area contributed by atoms with E-state index in [4.69, 9.17) is 4.74 Å². The summed E-state index contributed by atoms with van der Waals surface area (Å²) in [6.07, 6.45) is 8.50. The lowest BCUT2D eigenvalue weighted by Gasteiger charge is -2.01. The van der Waals surface area contributed by atoms with Gasteiger partial charge in [0.15, 0.2) is 0 Å². The highest BCUT2D eigenvalue weighted by molar-refractivity contribution is 7.19. The Labute approximate surface area is 136 Å². The van der Waals surface area contributed by atoms with Crippen LogP contribution in [0, 0.1) is 17.3 Å². The molecule has 2 aromatic rings. The van der Waals surface area contributed by atoms with Gasteiger partial charge in [-0.2, -0.15) is 0 Å². The lowest BCUT2D eigenvalue weighted by atomic mass is 9.98. The van der Waals surface area contributed by atoms with E-state index < -0.39 is 0 Å². The number of unbranched alkanes of at least 4 members (excludes halogenated alkanes) is 2. The number of fused-ring (bicyclic) bond motifs is 1. The third kappa shape index (κ3) is 2.81. The summed E-state index contributed by atoms with van der Waals surface area (Å²) in [6, 6.07) is 10.7. The molecule has 1 saturated carbocycles. The Morgan fingerprint density at radius 2 is 2.14 bits per heavy atom. The molecule has 114 valence electrons. The van der Waals surface area contributed by atoms with Crippen LogP contribution in [0.5, 0.6) is 0 Å². The number of epoxide rings is 1. The zero-order valence-electron chi connectivity index (χ0n) is 13.1. The first-order valence-corrected chi connectivity index (χ1v) is 9.30. The second-order valence-corrected chi connectivity index (χ2v) is 7.73. The summed E-state index contributed by atoms with van der Waals surface area (Å²) < 4.78 is 7.27. The average Bonchev–Trinajstić information content (AvgIpc) is 3.43. The smallest absolute Gasteiger partial charge is 0.101 e. The van der Waals surface area contributed by atoms with E-state index >= 15 is 0 Å². The van der Waals surface area contributed by atoms with Gasteiger partial charge in [-0.15, -0.1) is 11.3 Å². The number of thiophene rings is 1. The maximum Gasteiger partial charge on any atom is 0.101 e. The largest absolute Gasteiger partial charge is 0.368 e. The Morgan fingerprint density at radius 1 is 1.27 bits per heavy atom. The molecule has 0 amide bonds. The SMILES string of the molecule is CCCCC[C@@H]1O[C@@H]1C1(C#Cc2cc3ccccc3s2)CC1. The van der Waals surface area contributed by atoms with Crippen LogP contribution < -0.4 is 0 Å². The highest BCUT2D eigenvalue weighted by Crippen LogP contribution is 2.57. The molecule has 2 atom stereocenters. The average molecular weight is 310 g/mol. The van der Waals surface area contributed by atoms with Crippen molar-refractivity contribution in [2.24, 2.45) is 5.41 Å². The van der Waals surface area contributed by atoms with Gasteiger partial charge in [-0.3, -0.25) is 0 Å². The molecule has 2 heterocycles. The van der Waals surface area contributed by atoms with Crippen molar-refractivity contribution in [2.45, 2.75) is 57.7 Å². The molecular formula is C20H22OS. The van der Waals surface area contributed by atoms with Crippen molar-refractivity contribution in [3.05, 3.63) is 35.2 Å². The van der Waals surface area contributed by atoms with Crippen LogP contribution in [-0.2, 0) is 4.74 Å². The zero-order valence-corrected chi connectivity index (χ0v) is 13.9. The maximum atomic E-state index is 5.94. The van der Waals surface area contributed by atoms with Gasteiger partial charge in [-0.05, 0) is 36.8 Å². The number of rotatable bonds is 5. The van der Waals surface area contributed by atoms with E-state index in [-0.39, 0.29) is 5.41 Å². The van der Waals surface area contributed by atoms with Crippen molar-refractivity contribution in [1.82, 2.24) is 0 Å². The van der Waals surface area contributed by atoms with Gasteiger partial charge in [0, 0.05) is 4.70 Å². The van der Waals surface area contributed by atoms with Crippen molar-refractivity contribution in [3.8, 4) is 11.8 Å². The minimum absolute atomic E-state index is 0.188. The van der Waals surface area contributed by atoms with Crippen LogP contribution in [0.25, 0.3) is 10.1 Å². The summed E-state index contributed by atoms with van der Waals surface area (Å²) in [5.74, 6) is 7.00. The van der Waals surface area contributed by atoms with E-state index in [1.54, 1.807) is 11.3 Å². The Bertz CT molecular complexity index is 696. The highest BCUT2D eigenvalue weighted by Gasteiger charge is 2.60. The van der Waals surface area contributed by atoms with Gasteiger partial charge in [0.2, 0.25) is 0 Å². The molecule has 4 rings (SSSR count). The summed E-state index contributed by atoms with van der Waals surface area (Å²) in [6.45, 7) is 2.25. The zero-order chi connectivity index (χ0) is 15.0. The van der Waals surface area contributed by atoms with E-state index in [9.17, 15) is 0 Å². The molecule has 0 spiro atoms. The Morgan fingerprint density at radius 3 is 2.91 bits per heavy atom. The second-order valence-electron chi connectivity index (χ2n) is 6.65. The third-order valence-corrected chi connectivity index (χ3v) is 5.90. The molecule has 1 aromatic heterocycles. The van der Waals surface area contributed by atoms with Crippen LogP contribution in [0.4, 0.5) is 0 Å². The minimum atomic E-state index is 0.188. The molecule has 1 aromatic carbocycles. The molecular weight excluding hydrogens is 288 g/mol. The van der Waals surface area contributed by atoms with Crippen LogP contribution in [0.15, 0.2) is 30.3 Å². The van der Waals surface area contributed by atoms with Gasteiger partial charge < -0.3 is 4.74 Å². The molecule has 1 saturated heterocycles. The van der Waals surface area contributed by atoms with Crippen molar-refractivity contribution in [3.63, 3.8) is 0 Å². The fourth-order valence-electron chi connectivity index (χ4n) is 3.29.